The van der Waals surface area contributed by atoms with Crippen LogP contribution >= 0.6 is 0 Å². The fourth-order valence-electron chi connectivity index (χ4n) is 2.74. The Morgan fingerprint density at radius 3 is 2.95 bits per heavy atom. The largest absolute Gasteiger partial charge is 0.376 e. The average Bonchev–Trinajstić information content (AvgIpc) is 2.99. The number of rotatable bonds is 7. The highest BCUT2D eigenvalue weighted by molar-refractivity contribution is 5.73. The molecule has 6 nitrogen and oxygen atoms in total. The zero-order valence-electron chi connectivity index (χ0n) is 13.6. The SMILES string of the molecule is CCc1cc(CNC(=O)NCCO[C@H]2CCCC[C@@H]2C)on1. The van der Waals surface area contributed by atoms with Crippen molar-refractivity contribution in [3.05, 3.63) is 17.5 Å². The fourth-order valence-corrected chi connectivity index (χ4v) is 2.74. The van der Waals surface area contributed by atoms with E-state index in [1.807, 2.05) is 13.0 Å². The minimum absolute atomic E-state index is 0.213. The third kappa shape index (κ3) is 5.33. The molecule has 22 heavy (non-hydrogen) atoms. The molecule has 0 aromatic carbocycles. The normalized spacial score (nSPS) is 21.5. The van der Waals surface area contributed by atoms with Gasteiger partial charge in [-0.05, 0) is 25.2 Å². The summed E-state index contributed by atoms with van der Waals surface area (Å²) in [7, 11) is 0. The number of amides is 2. The number of nitrogens with zero attached hydrogens (tertiary/aromatic N) is 1. The Hall–Kier alpha value is -1.56. The molecular weight excluding hydrogens is 282 g/mol. The lowest BCUT2D eigenvalue weighted by Gasteiger charge is -2.28. The van der Waals surface area contributed by atoms with Crippen LogP contribution in [-0.4, -0.2) is 30.4 Å². The van der Waals surface area contributed by atoms with Crippen LogP contribution in [0.5, 0.6) is 0 Å². The molecule has 0 aliphatic heterocycles. The number of ether oxygens (including phenoxy) is 1. The molecule has 1 fully saturated rings. The summed E-state index contributed by atoms with van der Waals surface area (Å²) >= 11 is 0. The molecular formula is C16H27N3O3. The molecule has 2 N–H and O–H groups in total. The molecule has 1 aliphatic carbocycles. The quantitative estimate of drug-likeness (QED) is 0.759. The summed E-state index contributed by atoms with van der Waals surface area (Å²) in [6, 6.07) is 1.64. The van der Waals surface area contributed by atoms with Crippen LogP contribution in [0, 0.1) is 5.92 Å². The average molecular weight is 309 g/mol. The van der Waals surface area contributed by atoms with Gasteiger partial charge >= 0.3 is 6.03 Å². The van der Waals surface area contributed by atoms with Gasteiger partial charge in [0.25, 0.3) is 0 Å². The van der Waals surface area contributed by atoms with E-state index in [1.165, 1.54) is 19.3 Å². The van der Waals surface area contributed by atoms with E-state index in [1.54, 1.807) is 0 Å². The number of hydrogen-bond donors (Lipinski definition) is 2. The topological polar surface area (TPSA) is 76.4 Å². The van der Waals surface area contributed by atoms with Gasteiger partial charge in [-0.25, -0.2) is 4.79 Å². The molecule has 1 aliphatic rings. The van der Waals surface area contributed by atoms with E-state index in [9.17, 15) is 4.79 Å². The number of urea groups is 1. The van der Waals surface area contributed by atoms with Crippen molar-refractivity contribution in [2.45, 2.75) is 58.6 Å². The molecule has 1 aromatic heterocycles. The van der Waals surface area contributed by atoms with E-state index < -0.39 is 0 Å². The molecule has 1 heterocycles. The zero-order chi connectivity index (χ0) is 15.8. The van der Waals surface area contributed by atoms with Gasteiger partial charge in [0.15, 0.2) is 5.76 Å². The predicted molar refractivity (Wildman–Crippen MR) is 83.5 cm³/mol. The van der Waals surface area contributed by atoms with E-state index in [-0.39, 0.29) is 6.03 Å². The second-order valence-corrected chi connectivity index (χ2v) is 5.92. The zero-order valence-corrected chi connectivity index (χ0v) is 13.6. The highest BCUT2D eigenvalue weighted by atomic mass is 16.5. The molecule has 2 amide bonds. The summed E-state index contributed by atoms with van der Waals surface area (Å²) in [4.78, 5) is 11.7. The first-order valence-electron chi connectivity index (χ1n) is 8.26. The lowest BCUT2D eigenvalue weighted by atomic mass is 9.88. The number of aryl methyl sites for hydroxylation is 1. The summed E-state index contributed by atoms with van der Waals surface area (Å²) in [5.74, 6) is 1.29. The molecule has 124 valence electrons. The van der Waals surface area contributed by atoms with Gasteiger partial charge in [0, 0.05) is 12.6 Å². The Morgan fingerprint density at radius 2 is 2.23 bits per heavy atom. The second kappa shape index (κ2) is 8.78. The maximum Gasteiger partial charge on any atom is 0.315 e. The van der Waals surface area contributed by atoms with Gasteiger partial charge in [-0.2, -0.15) is 0 Å². The highest BCUT2D eigenvalue weighted by Gasteiger charge is 2.21. The summed E-state index contributed by atoms with van der Waals surface area (Å²) in [6.45, 7) is 5.68. The Labute approximate surface area is 132 Å². The Bertz CT molecular complexity index is 461. The molecule has 0 unspecified atom stereocenters. The molecule has 1 aromatic rings. The molecule has 0 spiro atoms. The highest BCUT2D eigenvalue weighted by Crippen LogP contribution is 2.25. The summed E-state index contributed by atoms with van der Waals surface area (Å²) in [5, 5.41) is 9.42. The molecule has 1 saturated carbocycles. The maximum absolute atomic E-state index is 11.7. The van der Waals surface area contributed by atoms with Crippen LogP contribution in [0.3, 0.4) is 0 Å². The number of carbonyl (C=O) groups excluding carboxylic acids is 1. The van der Waals surface area contributed by atoms with Crippen LogP contribution in [0.4, 0.5) is 4.79 Å². The monoisotopic (exact) mass is 309 g/mol. The van der Waals surface area contributed by atoms with E-state index in [4.69, 9.17) is 9.26 Å². The first-order valence-corrected chi connectivity index (χ1v) is 8.26. The number of hydrogen-bond acceptors (Lipinski definition) is 4. The van der Waals surface area contributed by atoms with E-state index in [0.717, 1.165) is 18.5 Å². The van der Waals surface area contributed by atoms with Crippen molar-refractivity contribution in [1.82, 2.24) is 15.8 Å². The fraction of sp³-hybridized carbons (Fsp3) is 0.750. The van der Waals surface area contributed by atoms with Gasteiger partial charge in [-0.3, -0.25) is 0 Å². The van der Waals surface area contributed by atoms with Crippen LogP contribution in [-0.2, 0) is 17.7 Å². The van der Waals surface area contributed by atoms with Crippen LogP contribution in [0.15, 0.2) is 10.6 Å². The summed E-state index contributed by atoms with van der Waals surface area (Å²) in [6.07, 6.45) is 6.12. The minimum atomic E-state index is -0.213. The standard InChI is InChI=1S/C16H27N3O3/c1-3-13-10-14(22-19-13)11-18-16(20)17-8-9-21-15-7-5-4-6-12(15)2/h10,12,15H,3-9,11H2,1-2H3,(H2,17,18,20)/t12-,15-/m0/s1. The van der Waals surface area contributed by atoms with Crippen LogP contribution in [0.25, 0.3) is 0 Å². The van der Waals surface area contributed by atoms with Gasteiger partial charge in [0.1, 0.15) is 0 Å². The lowest BCUT2D eigenvalue weighted by Crippen LogP contribution is -2.38. The van der Waals surface area contributed by atoms with E-state index in [0.29, 0.717) is 37.5 Å². The number of nitrogens with one attached hydrogen (secondary N) is 2. The van der Waals surface area contributed by atoms with Gasteiger partial charge < -0.3 is 19.9 Å². The predicted octanol–water partition coefficient (Wildman–Crippen LogP) is 2.63. The van der Waals surface area contributed by atoms with Crippen molar-refractivity contribution in [3.63, 3.8) is 0 Å². The molecule has 6 heteroatoms. The molecule has 2 atom stereocenters. The Balaban J connectivity index is 1.55. The van der Waals surface area contributed by atoms with Crippen molar-refractivity contribution in [2.24, 2.45) is 5.92 Å². The second-order valence-electron chi connectivity index (χ2n) is 5.92. The smallest absolute Gasteiger partial charge is 0.315 e. The number of carbonyl (C=O) groups is 1. The van der Waals surface area contributed by atoms with Gasteiger partial charge in [-0.1, -0.05) is 31.8 Å². The number of aromatic nitrogens is 1. The van der Waals surface area contributed by atoms with E-state index >= 15 is 0 Å². The third-order valence-corrected chi connectivity index (χ3v) is 4.15. The van der Waals surface area contributed by atoms with Gasteiger partial charge in [0.05, 0.1) is 24.9 Å². The summed E-state index contributed by atoms with van der Waals surface area (Å²) < 4.78 is 11.0. The van der Waals surface area contributed by atoms with Crippen LogP contribution < -0.4 is 10.6 Å². The minimum Gasteiger partial charge on any atom is -0.376 e. The maximum atomic E-state index is 11.7. The van der Waals surface area contributed by atoms with Crippen LogP contribution in [0.1, 0.15) is 51.0 Å². The third-order valence-electron chi connectivity index (χ3n) is 4.15. The lowest BCUT2D eigenvalue weighted by molar-refractivity contribution is -0.00243. The van der Waals surface area contributed by atoms with E-state index in [2.05, 4.69) is 22.7 Å². The summed E-state index contributed by atoms with van der Waals surface area (Å²) in [5.41, 5.74) is 0.896. The van der Waals surface area contributed by atoms with Crippen molar-refractivity contribution in [2.75, 3.05) is 13.2 Å². The Morgan fingerprint density at radius 1 is 1.41 bits per heavy atom. The molecule has 0 saturated heterocycles. The molecule has 0 bridgehead atoms. The van der Waals surface area contributed by atoms with Gasteiger partial charge in [0.2, 0.25) is 0 Å². The molecule has 2 rings (SSSR count). The van der Waals surface area contributed by atoms with Crippen molar-refractivity contribution >= 4 is 6.03 Å². The van der Waals surface area contributed by atoms with Crippen molar-refractivity contribution in [1.29, 1.82) is 0 Å². The molecule has 0 radical (unpaired) electrons. The first kappa shape index (κ1) is 16.8. The van der Waals surface area contributed by atoms with Crippen molar-refractivity contribution < 1.29 is 14.1 Å². The van der Waals surface area contributed by atoms with Crippen LogP contribution in [0.2, 0.25) is 0 Å². The first-order chi connectivity index (χ1) is 10.7. The Kier molecular flexibility index (Phi) is 6.71. The van der Waals surface area contributed by atoms with Gasteiger partial charge in [-0.15, -0.1) is 0 Å². The van der Waals surface area contributed by atoms with Crippen molar-refractivity contribution in [3.8, 4) is 0 Å².